The Kier molecular flexibility index (Phi) is 51.5. The zero-order valence-corrected chi connectivity index (χ0v) is 42.0. The molecule has 0 heterocycles. The fourth-order valence-electron chi connectivity index (χ4n) is 7.11. The summed E-state index contributed by atoms with van der Waals surface area (Å²) >= 11 is 0. The molecular weight excluding hydrogens is 789 g/mol. The topological polar surface area (TPSA) is 61.8 Å². The molecule has 0 bridgehead atoms. The van der Waals surface area contributed by atoms with Gasteiger partial charge in [0.2, 0.25) is 0 Å². The number of unbranched alkanes of at least 4 members (excludes halogenated alkanes) is 21. The Hall–Kier alpha value is -3.18. The number of esters is 2. The van der Waals surface area contributed by atoms with Gasteiger partial charge in [-0.25, -0.2) is 0 Å². The summed E-state index contributed by atoms with van der Waals surface area (Å²) in [5, 5.41) is 0. The SMILES string of the molecule is CC/C=C\C/C=C\C/C=C\C/C=C\C/C=C\CCCC(=O)OCC(COCCCCCCCCCC/C=C\CCCCCCCC)OC(=O)CCCCCCC/C=C\C/C=C\CCC. The predicted molar refractivity (Wildman–Crippen MR) is 279 cm³/mol. The molecule has 0 aliphatic carbocycles. The van der Waals surface area contributed by atoms with E-state index in [4.69, 9.17) is 14.2 Å². The summed E-state index contributed by atoms with van der Waals surface area (Å²) in [6.45, 7) is 7.57. The monoisotopic (exact) mass is 889 g/mol. The van der Waals surface area contributed by atoms with Crippen LogP contribution >= 0.6 is 0 Å². The lowest BCUT2D eigenvalue weighted by Gasteiger charge is -2.18. The predicted octanol–water partition coefficient (Wildman–Crippen LogP) is 18.2. The molecule has 0 aliphatic heterocycles. The molecule has 0 aliphatic rings. The molecule has 0 N–H and O–H groups in total. The van der Waals surface area contributed by atoms with Crippen molar-refractivity contribution >= 4 is 11.9 Å². The quantitative estimate of drug-likeness (QED) is 0.0346. The first-order valence-electron chi connectivity index (χ1n) is 26.8. The molecule has 0 aromatic carbocycles. The molecule has 0 amide bonds. The molecule has 0 saturated carbocycles. The molecule has 366 valence electrons. The molecule has 0 aromatic rings. The third-order valence-corrected chi connectivity index (χ3v) is 11.1. The lowest BCUT2D eigenvalue weighted by molar-refractivity contribution is -0.163. The van der Waals surface area contributed by atoms with Crippen LogP contribution in [0, 0.1) is 0 Å². The van der Waals surface area contributed by atoms with E-state index >= 15 is 0 Å². The molecule has 5 heteroatoms. The van der Waals surface area contributed by atoms with Crippen molar-refractivity contribution in [3.8, 4) is 0 Å². The number of hydrogen-bond donors (Lipinski definition) is 0. The molecule has 0 fully saturated rings. The number of carbonyl (C=O) groups excluding carboxylic acids is 2. The van der Waals surface area contributed by atoms with E-state index in [0.717, 1.165) is 96.3 Å². The van der Waals surface area contributed by atoms with Gasteiger partial charge in [-0.05, 0) is 109 Å². The Morgan fingerprint density at radius 1 is 0.359 bits per heavy atom. The van der Waals surface area contributed by atoms with Crippen molar-refractivity contribution in [2.45, 2.75) is 245 Å². The van der Waals surface area contributed by atoms with E-state index in [1.807, 2.05) is 0 Å². The van der Waals surface area contributed by atoms with Crippen LogP contribution in [0.5, 0.6) is 0 Å². The fraction of sp³-hybridized carbons (Fsp3) is 0.695. The lowest BCUT2D eigenvalue weighted by Crippen LogP contribution is -2.30. The summed E-state index contributed by atoms with van der Waals surface area (Å²) in [6, 6.07) is 0. The van der Waals surface area contributed by atoms with Gasteiger partial charge in [0.25, 0.3) is 0 Å². The first-order chi connectivity index (χ1) is 31.6. The Balaban J connectivity index is 4.37. The summed E-state index contributed by atoms with van der Waals surface area (Å²) in [4.78, 5) is 25.4. The van der Waals surface area contributed by atoms with Gasteiger partial charge in [0.05, 0.1) is 6.61 Å². The first-order valence-corrected chi connectivity index (χ1v) is 26.8. The Labute approximate surface area is 396 Å². The van der Waals surface area contributed by atoms with E-state index in [0.29, 0.717) is 19.4 Å². The molecule has 0 spiro atoms. The summed E-state index contributed by atoms with van der Waals surface area (Å²) in [6.07, 6.45) is 72.8. The number of ether oxygens (including phenoxy) is 3. The van der Waals surface area contributed by atoms with Crippen LogP contribution in [0.2, 0.25) is 0 Å². The zero-order valence-electron chi connectivity index (χ0n) is 42.0. The van der Waals surface area contributed by atoms with E-state index in [2.05, 4.69) is 118 Å². The maximum Gasteiger partial charge on any atom is 0.306 e. The van der Waals surface area contributed by atoms with Gasteiger partial charge < -0.3 is 14.2 Å². The van der Waals surface area contributed by atoms with Crippen LogP contribution in [0.1, 0.15) is 239 Å². The van der Waals surface area contributed by atoms with E-state index in [-0.39, 0.29) is 25.2 Å². The highest BCUT2D eigenvalue weighted by atomic mass is 16.6. The minimum atomic E-state index is -0.573. The second-order valence-electron chi connectivity index (χ2n) is 17.4. The minimum Gasteiger partial charge on any atom is -0.462 e. The molecule has 0 radical (unpaired) electrons. The van der Waals surface area contributed by atoms with Gasteiger partial charge in [-0.15, -0.1) is 0 Å². The van der Waals surface area contributed by atoms with Gasteiger partial charge in [-0.1, -0.05) is 214 Å². The van der Waals surface area contributed by atoms with Crippen LogP contribution in [-0.2, 0) is 23.8 Å². The lowest BCUT2D eigenvalue weighted by atomic mass is 10.1. The zero-order chi connectivity index (χ0) is 46.3. The maximum absolute atomic E-state index is 12.8. The van der Waals surface area contributed by atoms with E-state index < -0.39 is 6.10 Å². The second kappa shape index (κ2) is 54.2. The first kappa shape index (κ1) is 60.8. The van der Waals surface area contributed by atoms with Gasteiger partial charge >= 0.3 is 11.9 Å². The molecule has 5 nitrogen and oxygen atoms in total. The smallest absolute Gasteiger partial charge is 0.306 e. The molecule has 64 heavy (non-hydrogen) atoms. The van der Waals surface area contributed by atoms with Crippen molar-refractivity contribution in [3.05, 3.63) is 97.2 Å². The number of carbonyl (C=O) groups is 2. The van der Waals surface area contributed by atoms with Crippen LogP contribution in [0.3, 0.4) is 0 Å². The van der Waals surface area contributed by atoms with E-state index in [9.17, 15) is 9.59 Å². The van der Waals surface area contributed by atoms with Gasteiger partial charge in [-0.3, -0.25) is 9.59 Å². The van der Waals surface area contributed by atoms with Crippen LogP contribution in [-0.4, -0.2) is 37.9 Å². The largest absolute Gasteiger partial charge is 0.462 e. The average Bonchev–Trinajstić information content (AvgIpc) is 3.30. The van der Waals surface area contributed by atoms with Gasteiger partial charge in [-0.2, -0.15) is 0 Å². The highest BCUT2D eigenvalue weighted by Gasteiger charge is 2.17. The molecular formula is C59H100O5. The highest BCUT2D eigenvalue weighted by molar-refractivity contribution is 5.70. The summed E-state index contributed by atoms with van der Waals surface area (Å²) < 4.78 is 17.4. The Bertz CT molecular complexity index is 1230. The van der Waals surface area contributed by atoms with Crippen molar-refractivity contribution in [3.63, 3.8) is 0 Å². The average molecular weight is 889 g/mol. The molecule has 0 aromatic heterocycles. The number of allylic oxidation sites excluding steroid dienone is 16. The highest BCUT2D eigenvalue weighted by Crippen LogP contribution is 2.13. The number of hydrogen-bond acceptors (Lipinski definition) is 5. The van der Waals surface area contributed by atoms with Crippen LogP contribution in [0.25, 0.3) is 0 Å². The van der Waals surface area contributed by atoms with Gasteiger partial charge in [0.1, 0.15) is 6.61 Å². The molecule has 0 rings (SSSR count). The van der Waals surface area contributed by atoms with Crippen molar-refractivity contribution < 1.29 is 23.8 Å². The summed E-state index contributed by atoms with van der Waals surface area (Å²) in [5.74, 6) is -0.484. The standard InChI is InChI=1S/C59H100O5/c1-4-7-10-13-16-19-22-25-27-29-31-33-36-39-42-45-48-51-54-62-55-57(64-59(61)53-50-47-44-41-38-34-24-21-18-15-12-9-6-3)56-63-58(60)52-49-46-43-40-37-35-32-30-28-26-23-20-17-14-11-8-5-2/h8,11-12,15,17,20-21,24-28,32,35,40,43,57H,4-7,9-10,13-14,16,18-19,22-23,29-31,33-34,36-39,41-42,44-56H2,1-3H3/b11-8-,15-12-,20-17-,24-21-,27-25-,28-26-,35-32-,43-40-. The van der Waals surface area contributed by atoms with Crippen molar-refractivity contribution in [1.29, 1.82) is 0 Å². The molecule has 1 unspecified atom stereocenters. The Morgan fingerprint density at radius 3 is 1.25 bits per heavy atom. The van der Waals surface area contributed by atoms with Crippen molar-refractivity contribution in [1.82, 2.24) is 0 Å². The second-order valence-corrected chi connectivity index (χ2v) is 17.4. The van der Waals surface area contributed by atoms with Crippen LogP contribution < -0.4 is 0 Å². The van der Waals surface area contributed by atoms with Gasteiger partial charge in [0, 0.05) is 19.4 Å². The Morgan fingerprint density at radius 2 is 0.750 bits per heavy atom. The summed E-state index contributed by atoms with van der Waals surface area (Å²) in [7, 11) is 0. The van der Waals surface area contributed by atoms with E-state index in [1.165, 1.54) is 109 Å². The molecule has 0 saturated heterocycles. The van der Waals surface area contributed by atoms with Crippen LogP contribution in [0.4, 0.5) is 0 Å². The fourth-order valence-corrected chi connectivity index (χ4v) is 7.11. The maximum atomic E-state index is 12.8. The summed E-state index contributed by atoms with van der Waals surface area (Å²) in [5.41, 5.74) is 0. The normalized spacial score (nSPS) is 13.0. The number of rotatable bonds is 48. The van der Waals surface area contributed by atoms with E-state index in [1.54, 1.807) is 0 Å². The third-order valence-electron chi connectivity index (χ3n) is 11.1. The molecule has 1 atom stereocenters. The van der Waals surface area contributed by atoms with Crippen molar-refractivity contribution in [2.75, 3.05) is 19.8 Å². The van der Waals surface area contributed by atoms with Gasteiger partial charge in [0.15, 0.2) is 6.10 Å². The van der Waals surface area contributed by atoms with Crippen molar-refractivity contribution in [2.24, 2.45) is 0 Å². The van der Waals surface area contributed by atoms with Crippen LogP contribution in [0.15, 0.2) is 97.2 Å². The minimum absolute atomic E-state index is 0.0447. The third kappa shape index (κ3) is 51.5.